The number of aryl methyl sites for hydroxylation is 1. The average Bonchev–Trinajstić information content (AvgIpc) is 2.78. The van der Waals surface area contributed by atoms with Gasteiger partial charge in [0.2, 0.25) is 0 Å². The highest BCUT2D eigenvalue weighted by Crippen LogP contribution is 2.29. The quantitative estimate of drug-likeness (QED) is 0.756. The summed E-state index contributed by atoms with van der Waals surface area (Å²) in [4.78, 5) is 11.5. The molecule has 0 amide bonds. The molecule has 0 radical (unpaired) electrons. The number of hydrogen-bond acceptors (Lipinski definition) is 1. The number of rotatable bonds is 2. The molecule has 0 bridgehead atoms. The summed E-state index contributed by atoms with van der Waals surface area (Å²) in [5.41, 5.74) is 3.87. The van der Waals surface area contributed by atoms with Gasteiger partial charge in [-0.2, -0.15) is 0 Å². The van der Waals surface area contributed by atoms with E-state index in [1.807, 2.05) is 66.2 Å². The molecule has 2 heterocycles. The van der Waals surface area contributed by atoms with Crippen molar-refractivity contribution in [3.8, 4) is 11.1 Å². The van der Waals surface area contributed by atoms with Gasteiger partial charge in [-0.1, -0.05) is 35.9 Å². The molecule has 94 valence electrons. The number of carboxylic acids is 1. The van der Waals surface area contributed by atoms with Gasteiger partial charge in [-0.05, 0) is 24.6 Å². The van der Waals surface area contributed by atoms with Gasteiger partial charge in [-0.15, -0.1) is 0 Å². The van der Waals surface area contributed by atoms with E-state index in [0.717, 1.165) is 16.7 Å². The predicted octanol–water partition coefficient (Wildman–Crippen LogP) is 3.61. The molecule has 1 aromatic carbocycles. The van der Waals surface area contributed by atoms with Crippen LogP contribution in [0.5, 0.6) is 0 Å². The summed E-state index contributed by atoms with van der Waals surface area (Å²) in [5.74, 6) is -0.898. The van der Waals surface area contributed by atoms with Crippen LogP contribution in [-0.2, 0) is 0 Å². The molecule has 0 aliphatic heterocycles. The van der Waals surface area contributed by atoms with E-state index in [1.165, 1.54) is 0 Å². The van der Waals surface area contributed by atoms with Crippen LogP contribution < -0.4 is 0 Å². The third-order valence-electron chi connectivity index (χ3n) is 3.23. The molecule has 19 heavy (non-hydrogen) atoms. The van der Waals surface area contributed by atoms with Crippen LogP contribution in [0, 0.1) is 6.92 Å². The van der Waals surface area contributed by atoms with Gasteiger partial charge in [0.15, 0.2) is 0 Å². The number of hydrogen-bond donors (Lipinski definition) is 1. The Labute approximate surface area is 110 Å². The summed E-state index contributed by atoms with van der Waals surface area (Å²) in [6.45, 7) is 2.00. The lowest BCUT2D eigenvalue weighted by Crippen LogP contribution is -1.97. The maximum absolute atomic E-state index is 11.5. The summed E-state index contributed by atoms with van der Waals surface area (Å²) in [6, 6.07) is 13.4. The fourth-order valence-corrected chi connectivity index (χ4v) is 2.38. The van der Waals surface area contributed by atoms with Crippen LogP contribution in [0.3, 0.4) is 0 Å². The Bertz CT molecular complexity index is 771. The minimum atomic E-state index is -0.898. The Balaban J connectivity index is 2.34. The lowest BCUT2D eigenvalue weighted by Gasteiger charge is -2.02. The lowest BCUT2D eigenvalue weighted by molar-refractivity contribution is 0.0700. The van der Waals surface area contributed by atoms with E-state index in [4.69, 9.17) is 0 Å². The van der Waals surface area contributed by atoms with Crippen LogP contribution in [0.25, 0.3) is 16.6 Å². The van der Waals surface area contributed by atoms with Crippen LogP contribution >= 0.6 is 0 Å². The highest BCUT2D eigenvalue weighted by atomic mass is 16.4. The van der Waals surface area contributed by atoms with Crippen molar-refractivity contribution in [1.82, 2.24) is 4.40 Å². The molecule has 3 nitrogen and oxygen atoms in total. The van der Waals surface area contributed by atoms with E-state index in [2.05, 4.69) is 0 Å². The van der Waals surface area contributed by atoms with Crippen LogP contribution in [0.15, 0.2) is 54.9 Å². The van der Waals surface area contributed by atoms with E-state index >= 15 is 0 Å². The fraction of sp³-hybridized carbons (Fsp3) is 0.0625. The second-order valence-electron chi connectivity index (χ2n) is 4.59. The van der Waals surface area contributed by atoms with Gasteiger partial charge in [-0.25, -0.2) is 4.79 Å². The average molecular weight is 251 g/mol. The number of fused-ring (bicyclic) bond motifs is 1. The number of carboxylic acid groups (broad SMARTS) is 1. The Morgan fingerprint density at radius 3 is 2.74 bits per heavy atom. The molecule has 0 spiro atoms. The summed E-state index contributed by atoms with van der Waals surface area (Å²) in [5, 5.41) is 9.47. The fourth-order valence-electron chi connectivity index (χ4n) is 2.38. The first-order valence-corrected chi connectivity index (χ1v) is 6.07. The zero-order chi connectivity index (χ0) is 13.4. The Kier molecular flexibility index (Phi) is 2.60. The monoisotopic (exact) mass is 251 g/mol. The summed E-state index contributed by atoms with van der Waals surface area (Å²) in [7, 11) is 0. The molecule has 3 rings (SSSR count). The second kappa shape index (κ2) is 4.28. The topological polar surface area (TPSA) is 41.7 Å². The molecular formula is C16H13NO2. The third-order valence-corrected chi connectivity index (χ3v) is 3.23. The van der Waals surface area contributed by atoms with Crippen molar-refractivity contribution in [1.29, 1.82) is 0 Å². The molecule has 0 unspecified atom stereocenters. The summed E-state index contributed by atoms with van der Waals surface area (Å²) >= 11 is 0. The molecule has 3 heteroatoms. The molecule has 0 aliphatic rings. The number of nitrogens with zero attached hydrogens (tertiary/aromatic N) is 1. The van der Waals surface area contributed by atoms with Crippen LogP contribution in [0.2, 0.25) is 0 Å². The number of aromatic nitrogens is 1. The molecule has 3 aromatic rings. The van der Waals surface area contributed by atoms with Gasteiger partial charge in [0, 0.05) is 18.0 Å². The minimum absolute atomic E-state index is 0.353. The van der Waals surface area contributed by atoms with E-state index in [-0.39, 0.29) is 0 Å². The molecule has 0 aliphatic carbocycles. The van der Waals surface area contributed by atoms with E-state index in [1.54, 1.807) is 0 Å². The van der Waals surface area contributed by atoms with Crippen molar-refractivity contribution in [3.05, 3.63) is 66.0 Å². The standard InChI is InChI=1S/C16H13NO2/c1-11-5-4-6-12(9-11)13-10-17-8-3-2-7-14(17)15(13)16(18)19/h2-10H,1H3,(H,18,19). The number of benzene rings is 1. The Morgan fingerprint density at radius 2 is 2.00 bits per heavy atom. The Hall–Kier alpha value is -2.55. The highest BCUT2D eigenvalue weighted by molar-refractivity contribution is 6.03. The maximum atomic E-state index is 11.5. The normalized spacial score (nSPS) is 10.8. The largest absolute Gasteiger partial charge is 0.478 e. The molecule has 0 fully saturated rings. The summed E-state index contributed by atoms with van der Waals surface area (Å²) in [6.07, 6.45) is 3.73. The van der Waals surface area contributed by atoms with Crippen molar-refractivity contribution in [2.75, 3.05) is 0 Å². The van der Waals surface area contributed by atoms with Gasteiger partial charge in [0.1, 0.15) is 0 Å². The van der Waals surface area contributed by atoms with Gasteiger partial charge < -0.3 is 9.51 Å². The molecular weight excluding hydrogens is 238 g/mol. The number of aromatic carboxylic acids is 1. The molecule has 0 atom stereocenters. The van der Waals surface area contributed by atoms with E-state index < -0.39 is 5.97 Å². The van der Waals surface area contributed by atoms with Gasteiger partial charge >= 0.3 is 5.97 Å². The summed E-state index contributed by atoms with van der Waals surface area (Å²) < 4.78 is 1.85. The van der Waals surface area contributed by atoms with Crippen molar-refractivity contribution < 1.29 is 9.90 Å². The van der Waals surface area contributed by atoms with Crippen molar-refractivity contribution in [2.45, 2.75) is 6.92 Å². The molecule has 0 saturated carbocycles. The molecule has 2 aromatic heterocycles. The van der Waals surface area contributed by atoms with E-state index in [9.17, 15) is 9.90 Å². The Morgan fingerprint density at radius 1 is 1.16 bits per heavy atom. The first-order chi connectivity index (χ1) is 9.16. The number of pyridine rings is 1. The molecule has 1 N–H and O–H groups in total. The van der Waals surface area contributed by atoms with Gasteiger partial charge in [0.05, 0.1) is 11.1 Å². The van der Waals surface area contributed by atoms with Gasteiger partial charge in [-0.3, -0.25) is 0 Å². The van der Waals surface area contributed by atoms with Crippen LogP contribution in [0.1, 0.15) is 15.9 Å². The van der Waals surface area contributed by atoms with Crippen LogP contribution in [0.4, 0.5) is 0 Å². The second-order valence-corrected chi connectivity index (χ2v) is 4.59. The highest BCUT2D eigenvalue weighted by Gasteiger charge is 2.17. The first-order valence-electron chi connectivity index (χ1n) is 6.07. The zero-order valence-corrected chi connectivity index (χ0v) is 10.5. The first kappa shape index (κ1) is 11.5. The number of carbonyl (C=O) groups is 1. The third kappa shape index (κ3) is 1.89. The van der Waals surface area contributed by atoms with E-state index in [0.29, 0.717) is 11.1 Å². The molecule has 0 saturated heterocycles. The SMILES string of the molecule is Cc1cccc(-c2cn3ccccc3c2C(=O)O)c1. The van der Waals surface area contributed by atoms with Crippen molar-refractivity contribution >= 4 is 11.5 Å². The van der Waals surface area contributed by atoms with Gasteiger partial charge in [0.25, 0.3) is 0 Å². The minimum Gasteiger partial charge on any atom is -0.478 e. The van der Waals surface area contributed by atoms with Crippen molar-refractivity contribution in [3.63, 3.8) is 0 Å². The van der Waals surface area contributed by atoms with Crippen molar-refractivity contribution in [2.24, 2.45) is 0 Å². The predicted molar refractivity (Wildman–Crippen MR) is 74.5 cm³/mol. The maximum Gasteiger partial charge on any atom is 0.338 e. The zero-order valence-electron chi connectivity index (χ0n) is 10.5. The lowest BCUT2D eigenvalue weighted by atomic mass is 10.0. The van der Waals surface area contributed by atoms with Crippen LogP contribution in [-0.4, -0.2) is 15.5 Å². The smallest absolute Gasteiger partial charge is 0.338 e.